The van der Waals surface area contributed by atoms with Gasteiger partial charge in [0.1, 0.15) is 17.7 Å². The molecule has 1 saturated carbocycles. The summed E-state index contributed by atoms with van der Waals surface area (Å²) in [6, 6.07) is 11.9. The summed E-state index contributed by atoms with van der Waals surface area (Å²) in [5, 5.41) is 3.26. The summed E-state index contributed by atoms with van der Waals surface area (Å²) in [5.41, 5.74) is 1.40. The van der Waals surface area contributed by atoms with Crippen molar-refractivity contribution >= 4 is 11.8 Å². The van der Waals surface area contributed by atoms with Crippen LogP contribution in [0.2, 0.25) is 0 Å². The fourth-order valence-corrected chi connectivity index (χ4v) is 5.13. The van der Waals surface area contributed by atoms with Crippen molar-refractivity contribution in [3.8, 4) is 0 Å². The average Bonchev–Trinajstić information content (AvgIpc) is 3.61. The van der Waals surface area contributed by atoms with E-state index in [1.807, 2.05) is 4.90 Å². The molecule has 2 aromatic carbocycles. The molecule has 3 fully saturated rings. The monoisotopic (exact) mass is 468 g/mol. The number of nitrogens with zero attached hydrogens (tertiary/aromatic N) is 3. The summed E-state index contributed by atoms with van der Waals surface area (Å²) in [5.74, 6) is -0.922. The molecular formula is C26H30F2N4O2. The zero-order valence-electron chi connectivity index (χ0n) is 19.1. The van der Waals surface area contributed by atoms with Gasteiger partial charge in [0.25, 0.3) is 5.91 Å². The van der Waals surface area contributed by atoms with Crippen LogP contribution in [-0.2, 0) is 11.3 Å². The molecule has 2 heterocycles. The van der Waals surface area contributed by atoms with Crippen molar-refractivity contribution in [2.24, 2.45) is 0 Å². The Bertz CT molecular complexity index is 1020. The van der Waals surface area contributed by atoms with E-state index in [1.165, 1.54) is 36.4 Å². The highest BCUT2D eigenvalue weighted by Gasteiger charge is 2.46. The smallest absolute Gasteiger partial charge is 0.254 e. The second-order valence-electron chi connectivity index (χ2n) is 9.47. The van der Waals surface area contributed by atoms with Crippen LogP contribution in [0.3, 0.4) is 0 Å². The third kappa shape index (κ3) is 4.98. The highest BCUT2D eigenvalue weighted by Crippen LogP contribution is 2.35. The minimum absolute atomic E-state index is 0.0167. The first-order valence-corrected chi connectivity index (χ1v) is 12.1. The maximum Gasteiger partial charge on any atom is 0.254 e. The summed E-state index contributed by atoms with van der Waals surface area (Å²) in [7, 11) is 0. The summed E-state index contributed by atoms with van der Waals surface area (Å²) >= 11 is 0. The molecule has 5 rings (SSSR count). The topological polar surface area (TPSA) is 55.9 Å². The fraction of sp³-hybridized carbons (Fsp3) is 0.462. The van der Waals surface area contributed by atoms with Crippen LogP contribution < -0.4 is 5.32 Å². The fourth-order valence-electron chi connectivity index (χ4n) is 5.13. The number of hydrogen-bond acceptors (Lipinski definition) is 4. The van der Waals surface area contributed by atoms with Gasteiger partial charge in [0, 0.05) is 56.9 Å². The molecule has 2 aromatic rings. The maximum absolute atomic E-state index is 13.5. The van der Waals surface area contributed by atoms with Crippen molar-refractivity contribution < 1.29 is 18.4 Å². The van der Waals surface area contributed by atoms with Crippen molar-refractivity contribution in [1.29, 1.82) is 0 Å². The quantitative estimate of drug-likeness (QED) is 0.708. The van der Waals surface area contributed by atoms with Gasteiger partial charge >= 0.3 is 0 Å². The van der Waals surface area contributed by atoms with E-state index in [0.29, 0.717) is 44.2 Å². The minimum atomic E-state index is -0.546. The van der Waals surface area contributed by atoms with Gasteiger partial charge < -0.3 is 15.1 Å². The molecule has 1 aliphatic carbocycles. The van der Waals surface area contributed by atoms with Crippen LogP contribution >= 0.6 is 0 Å². The highest BCUT2D eigenvalue weighted by molar-refractivity contribution is 5.98. The molecule has 2 atom stereocenters. The van der Waals surface area contributed by atoms with E-state index in [0.717, 1.165) is 31.5 Å². The van der Waals surface area contributed by atoms with Crippen molar-refractivity contribution in [3.05, 3.63) is 71.3 Å². The number of carbonyl (C=O) groups is 2. The number of nitrogens with one attached hydrogen (secondary N) is 1. The lowest BCUT2D eigenvalue weighted by atomic mass is 10.1. The van der Waals surface area contributed by atoms with Crippen LogP contribution in [-0.4, -0.2) is 77.4 Å². The number of benzene rings is 2. The molecular weight excluding hydrogens is 438 g/mol. The Kier molecular flexibility index (Phi) is 6.61. The standard InChI is InChI=1S/C26H30F2N4O2/c27-20-5-1-18(2-6-20)16-31(22-9-10-22)23-15-24(26(34)30-13-11-29-12-14-30)32(17-23)25(33)19-3-7-21(28)8-4-19/h1-8,22-24,29H,9-17H2. The first-order valence-electron chi connectivity index (χ1n) is 12.1. The molecule has 2 amide bonds. The zero-order chi connectivity index (χ0) is 23.7. The lowest BCUT2D eigenvalue weighted by Gasteiger charge is -2.32. The molecule has 2 aliphatic heterocycles. The second kappa shape index (κ2) is 9.80. The predicted octanol–water partition coefficient (Wildman–Crippen LogP) is 2.64. The van der Waals surface area contributed by atoms with Gasteiger partial charge in [0.2, 0.25) is 5.91 Å². The summed E-state index contributed by atoms with van der Waals surface area (Å²) < 4.78 is 26.9. The third-order valence-electron chi connectivity index (χ3n) is 7.11. The van der Waals surface area contributed by atoms with E-state index in [2.05, 4.69) is 10.2 Å². The molecule has 0 spiro atoms. The number of halogens is 2. The molecule has 0 bridgehead atoms. The van der Waals surface area contributed by atoms with Crippen LogP contribution in [0.25, 0.3) is 0 Å². The van der Waals surface area contributed by atoms with Crippen LogP contribution in [0, 0.1) is 11.6 Å². The van der Waals surface area contributed by atoms with Crippen molar-refractivity contribution in [1.82, 2.24) is 20.0 Å². The third-order valence-corrected chi connectivity index (χ3v) is 7.11. The van der Waals surface area contributed by atoms with E-state index in [4.69, 9.17) is 0 Å². The largest absolute Gasteiger partial charge is 0.338 e. The van der Waals surface area contributed by atoms with Gasteiger partial charge in [0.15, 0.2) is 0 Å². The highest BCUT2D eigenvalue weighted by atomic mass is 19.1. The van der Waals surface area contributed by atoms with Crippen LogP contribution in [0.5, 0.6) is 0 Å². The average molecular weight is 469 g/mol. The normalized spacial score (nSPS) is 22.9. The van der Waals surface area contributed by atoms with Crippen molar-refractivity contribution in [2.45, 2.75) is 43.9 Å². The second-order valence-corrected chi connectivity index (χ2v) is 9.47. The summed E-state index contributed by atoms with van der Waals surface area (Å²) in [6.45, 7) is 3.83. The molecule has 34 heavy (non-hydrogen) atoms. The lowest BCUT2D eigenvalue weighted by Crippen LogP contribution is -2.53. The SMILES string of the molecule is O=C(C1CC(N(Cc2ccc(F)cc2)C2CC2)CN1C(=O)c1ccc(F)cc1)N1CCNCC1. The molecule has 2 saturated heterocycles. The van der Waals surface area contributed by atoms with Crippen LogP contribution in [0.4, 0.5) is 8.78 Å². The summed E-state index contributed by atoms with van der Waals surface area (Å²) in [6.07, 6.45) is 2.73. The Morgan fingerprint density at radius 1 is 0.912 bits per heavy atom. The number of likely N-dealkylation sites (tertiary alicyclic amines) is 1. The van der Waals surface area contributed by atoms with Crippen molar-refractivity contribution in [2.75, 3.05) is 32.7 Å². The first kappa shape index (κ1) is 22.9. The Balaban J connectivity index is 1.39. The van der Waals surface area contributed by atoms with E-state index in [-0.39, 0.29) is 23.7 Å². The number of hydrogen-bond donors (Lipinski definition) is 1. The minimum Gasteiger partial charge on any atom is -0.338 e. The molecule has 2 unspecified atom stereocenters. The maximum atomic E-state index is 13.5. The Hall–Kier alpha value is -2.84. The number of carbonyl (C=O) groups excluding carboxylic acids is 2. The predicted molar refractivity (Wildman–Crippen MR) is 124 cm³/mol. The zero-order valence-corrected chi connectivity index (χ0v) is 19.1. The Labute approximate surface area is 198 Å². The molecule has 6 nitrogen and oxygen atoms in total. The number of rotatable bonds is 6. The number of piperazine rings is 1. The molecule has 180 valence electrons. The molecule has 1 N–H and O–H groups in total. The van der Waals surface area contributed by atoms with Gasteiger partial charge in [-0.25, -0.2) is 8.78 Å². The van der Waals surface area contributed by atoms with E-state index < -0.39 is 11.9 Å². The van der Waals surface area contributed by atoms with Gasteiger partial charge in [-0.2, -0.15) is 0 Å². The van der Waals surface area contributed by atoms with E-state index in [1.54, 1.807) is 17.0 Å². The van der Waals surface area contributed by atoms with Gasteiger partial charge in [-0.15, -0.1) is 0 Å². The van der Waals surface area contributed by atoms with Crippen LogP contribution in [0.1, 0.15) is 35.2 Å². The number of amides is 2. The summed E-state index contributed by atoms with van der Waals surface area (Å²) in [4.78, 5) is 32.9. The first-order chi connectivity index (χ1) is 16.5. The van der Waals surface area contributed by atoms with Gasteiger partial charge in [0.05, 0.1) is 0 Å². The molecule has 3 aliphatic rings. The molecule has 0 radical (unpaired) electrons. The van der Waals surface area contributed by atoms with Gasteiger partial charge in [-0.3, -0.25) is 14.5 Å². The molecule has 8 heteroatoms. The Morgan fingerprint density at radius 3 is 2.15 bits per heavy atom. The van der Waals surface area contributed by atoms with Crippen LogP contribution in [0.15, 0.2) is 48.5 Å². The Morgan fingerprint density at radius 2 is 1.53 bits per heavy atom. The molecule has 0 aromatic heterocycles. The van der Waals surface area contributed by atoms with Gasteiger partial charge in [-0.05, 0) is 61.2 Å². The van der Waals surface area contributed by atoms with Gasteiger partial charge in [-0.1, -0.05) is 12.1 Å². The van der Waals surface area contributed by atoms with Crippen molar-refractivity contribution in [3.63, 3.8) is 0 Å². The lowest BCUT2D eigenvalue weighted by molar-refractivity contribution is -0.135. The van der Waals surface area contributed by atoms with E-state index in [9.17, 15) is 18.4 Å². The van der Waals surface area contributed by atoms with E-state index >= 15 is 0 Å².